The molecule has 0 aromatic carbocycles. The fourth-order valence-electron chi connectivity index (χ4n) is 4.06. The zero-order valence-electron chi connectivity index (χ0n) is 31.3. The van der Waals surface area contributed by atoms with Crippen LogP contribution in [-0.2, 0) is 42.6 Å². The third-order valence-corrected chi connectivity index (χ3v) is 6.22. The van der Waals surface area contributed by atoms with E-state index < -0.39 is 35.3 Å². The molecule has 1 aliphatic rings. The second kappa shape index (κ2) is 22.0. The van der Waals surface area contributed by atoms with Crippen molar-refractivity contribution in [2.45, 2.75) is 78.4 Å². The summed E-state index contributed by atoms with van der Waals surface area (Å²) >= 11 is 0. The number of aryl methyl sites for hydroxylation is 2. The van der Waals surface area contributed by atoms with E-state index in [1.807, 2.05) is 0 Å². The molecule has 0 saturated carbocycles. The molecule has 292 valence electrons. The second-order valence-corrected chi connectivity index (χ2v) is 13.4. The van der Waals surface area contributed by atoms with Crippen molar-refractivity contribution in [1.82, 2.24) is 19.8 Å². The van der Waals surface area contributed by atoms with E-state index in [0.29, 0.717) is 35.6 Å². The average molecular weight is 739 g/mol. The molecule has 6 N–H and O–H groups in total. The highest BCUT2D eigenvalue weighted by molar-refractivity contribution is 5.96. The number of rotatable bonds is 12. The first-order chi connectivity index (χ1) is 24.2. The number of carboxylic acid groups (broad SMARTS) is 2. The van der Waals surface area contributed by atoms with Crippen LogP contribution in [0.25, 0.3) is 0 Å². The maximum absolute atomic E-state index is 12.0. The van der Waals surface area contributed by atoms with Crippen LogP contribution in [0.15, 0.2) is 24.5 Å². The largest absolute Gasteiger partial charge is 0.481 e. The van der Waals surface area contributed by atoms with Gasteiger partial charge in [0.2, 0.25) is 0 Å². The van der Waals surface area contributed by atoms with Gasteiger partial charge in [0, 0.05) is 52.4 Å². The first-order valence-electron chi connectivity index (χ1n) is 16.6. The number of nitrogens with zero attached hydrogens (tertiary/aromatic N) is 2. The monoisotopic (exact) mass is 738 g/mol. The van der Waals surface area contributed by atoms with Crippen LogP contribution in [0.3, 0.4) is 0 Å². The first-order valence-corrected chi connectivity index (χ1v) is 16.6. The summed E-state index contributed by atoms with van der Waals surface area (Å²) in [6, 6.07) is 3.05. The normalized spacial score (nSPS) is 12.5. The van der Waals surface area contributed by atoms with Crippen LogP contribution in [0.1, 0.15) is 88.2 Å². The number of anilines is 2. The van der Waals surface area contributed by atoms with Crippen molar-refractivity contribution in [3.63, 3.8) is 0 Å². The highest BCUT2D eigenvalue weighted by atomic mass is 16.6. The highest BCUT2D eigenvalue weighted by Gasteiger charge is 2.20. The minimum Gasteiger partial charge on any atom is -0.481 e. The first kappa shape index (κ1) is 44.9. The molecule has 0 atom stereocenters. The van der Waals surface area contributed by atoms with Crippen LogP contribution in [0.2, 0.25) is 0 Å². The van der Waals surface area contributed by atoms with Crippen molar-refractivity contribution in [1.29, 1.82) is 0 Å². The van der Waals surface area contributed by atoms with Gasteiger partial charge in [0.15, 0.2) is 0 Å². The molecule has 0 radical (unpaired) electrons. The Morgan fingerprint density at radius 3 is 1.25 bits per heavy atom. The van der Waals surface area contributed by atoms with Crippen molar-refractivity contribution < 1.29 is 57.9 Å². The number of hydrogen-bond acceptors (Lipinski definition) is 10. The number of nitrogens with one attached hydrogen (secondary N) is 4. The van der Waals surface area contributed by atoms with Crippen LogP contribution in [0, 0.1) is 0 Å². The zero-order valence-corrected chi connectivity index (χ0v) is 31.3. The molecule has 2 aromatic rings. The number of carboxylic acids is 2. The number of amides is 4. The number of carbonyl (C=O) groups is 6. The van der Waals surface area contributed by atoms with Gasteiger partial charge < -0.3 is 48.9 Å². The van der Waals surface area contributed by atoms with E-state index in [0.717, 1.165) is 26.4 Å². The highest BCUT2D eigenvalue weighted by Crippen LogP contribution is 2.16. The molecule has 0 spiro atoms. The smallest absolute Gasteiger partial charge is 0.412 e. The van der Waals surface area contributed by atoms with Gasteiger partial charge in [0.05, 0.1) is 37.8 Å². The summed E-state index contributed by atoms with van der Waals surface area (Å²) in [6.45, 7) is 14.2. The summed E-state index contributed by atoms with van der Waals surface area (Å²) in [6.07, 6.45) is 2.69. The second-order valence-electron chi connectivity index (χ2n) is 13.4. The Bertz CT molecular complexity index is 1370. The maximum atomic E-state index is 12.0. The number of aliphatic carboxylic acids is 2. The molecule has 1 aliphatic heterocycles. The van der Waals surface area contributed by atoms with E-state index in [9.17, 15) is 28.8 Å². The molecule has 1 saturated heterocycles. The van der Waals surface area contributed by atoms with Crippen LogP contribution in [-0.4, -0.2) is 106 Å². The predicted octanol–water partition coefficient (Wildman–Crippen LogP) is 3.97. The molecule has 0 aliphatic carbocycles. The van der Waals surface area contributed by atoms with E-state index >= 15 is 0 Å². The fourth-order valence-corrected chi connectivity index (χ4v) is 4.06. The zero-order chi connectivity index (χ0) is 39.5. The summed E-state index contributed by atoms with van der Waals surface area (Å²) in [4.78, 5) is 68.2. The summed E-state index contributed by atoms with van der Waals surface area (Å²) in [5.74, 6) is -2.48. The van der Waals surface area contributed by atoms with Crippen molar-refractivity contribution in [2.75, 3.05) is 50.2 Å². The molecule has 1 fully saturated rings. The number of carbonyl (C=O) groups excluding carboxylic acids is 4. The van der Waals surface area contributed by atoms with Gasteiger partial charge in [0.1, 0.15) is 22.6 Å². The third kappa shape index (κ3) is 20.5. The molecule has 3 rings (SSSR count). The van der Waals surface area contributed by atoms with Gasteiger partial charge in [0.25, 0.3) is 11.8 Å². The molecule has 3 heterocycles. The lowest BCUT2D eigenvalue weighted by atomic mass is 10.2. The Kier molecular flexibility index (Phi) is 19.0. The molecule has 4 amide bonds. The van der Waals surface area contributed by atoms with E-state index in [4.69, 9.17) is 29.2 Å². The summed E-state index contributed by atoms with van der Waals surface area (Å²) < 4.78 is 23.3. The van der Waals surface area contributed by atoms with Gasteiger partial charge in [-0.2, -0.15) is 0 Å². The quantitative estimate of drug-likeness (QED) is 0.170. The average Bonchev–Trinajstić information content (AvgIpc) is 3.57. The minimum absolute atomic E-state index is 0.00112. The topological polar surface area (TPSA) is 238 Å². The van der Waals surface area contributed by atoms with E-state index in [2.05, 4.69) is 21.3 Å². The number of ether oxygens (including phenoxy) is 4. The van der Waals surface area contributed by atoms with E-state index in [1.165, 1.54) is 12.1 Å². The van der Waals surface area contributed by atoms with E-state index in [-0.39, 0.29) is 37.7 Å². The van der Waals surface area contributed by atoms with Gasteiger partial charge in [-0.15, -0.1) is 0 Å². The predicted molar refractivity (Wildman–Crippen MR) is 191 cm³/mol. The maximum Gasteiger partial charge on any atom is 0.412 e. The lowest BCUT2D eigenvalue weighted by molar-refractivity contribution is -0.138. The van der Waals surface area contributed by atoms with Gasteiger partial charge in [-0.05, 0) is 66.5 Å². The third-order valence-electron chi connectivity index (χ3n) is 6.22. The van der Waals surface area contributed by atoms with Gasteiger partial charge in [-0.1, -0.05) is 0 Å². The van der Waals surface area contributed by atoms with Crippen molar-refractivity contribution in [2.24, 2.45) is 14.1 Å². The van der Waals surface area contributed by atoms with Gasteiger partial charge >= 0.3 is 24.1 Å². The minimum atomic E-state index is -0.901. The number of aromatic nitrogens is 2. The van der Waals surface area contributed by atoms with Gasteiger partial charge in [-0.3, -0.25) is 29.8 Å². The molecule has 18 nitrogen and oxygen atoms in total. The molecular formula is C34H54N6O12. The van der Waals surface area contributed by atoms with E-state index in [1.54, 1.807) is 77.2 Å². The Labute approximate surface area is 303 Å². The lowest BCUT2D eigenvalue weighted by Crippen LogP contribution is -2.27. The summed E-state index contributed by atoms with van der Waals surface area (Å²) in [5.41, 5.74) is 0.375. The standard InChI is InChI=1S/2C15H23N3O5.C4H8O2/c2*1-15(2,3)23-14(22)17-10-8-11(18(4)9-10)13(21)16-7-5-6-12(19)20;1-2-6-4-3-5-1/h2*8-9H,5-7H2,1-4H3,(H,16,21)(H,17,22)(H,19,20);1-4H2. The molecule has 2 aromatic heterocycles. The Morgan fingerprint density at radius 1 is 0.654 bits per heavy atom. The summed E-state index contributed by atoms with van der Waals surface area (Å²) in [7, 11) is 3.35. The lowest BCUT2D eigenvalue weighted by Gasteiger charge is -2.19. The molecular weight excluding hydrogens is 684 g/mol. The molecule has 0 unspecified atom stereocenters. The van der Waals surface area contributed by atoms with Crippen molar-refractivity contribution in [3.05, 3.63) is 35.9 Å². The Morgan fingerprint density at radius 2 is 0.981 bits per heavy atom. The Hall–Kier alpha value is -5.10. The fraction of sp³-hybridized carbons (Fsp3) is 0.588. The Balaban J connectivity index is 0.000000446. The van der Waals surface area contributed by atoms with Crippen molar-refractivity contribution >= 4 is 47.3 Å². The van der Waals surface area contributed by atoms with Crippen LogP contribution >= 0.6 is 0 Å². The summed E-state index contributed by atoms with van der Waals surface area (Å²) in [5, 5.41) is 27.5. The molecule has 52 heavy (non-hydrogen) atoms. The molecule has 18 heteroatoms. The van der Waals surface area contributed by atoms with Crippen LogP contribution < -0.4 is 21.3 Å². The van der Waals surface area contributed by atoms with Crippen LogP contribution in [0.4, 0.5) is 21.0 Å². The van der Waals surface area contributed by atoms with Gasteiger partial charge in [-0.25, -0.2) is 9.59 Å². The number of hydrogen-bond donors (Lipinski definition) is 6. The SMILES string of the molecule is C1COCCO1.Cn1cc(NC(=O)OC(C)(C)C)cc1C(=O)NCCCC(=O)O.Cn1cc(NC(=O)OC(C)(C)C)cc1C(=O)NCCCC(=O)O. The van der Waals surface area contributed by atoms with Crippen molar-refractivity contribution in [3.8, 4) is 0 Å². The van der Waals surface area contributed by atoms with Crippen LogP contribution in [0.5, 0.6) is 0 Å². The molecule has 0 bridgehead atoms.